The zero-order valence-electron chi connectivity index (χ0n) is 7.68. The summed E-state index contributed by atoms with van der Waals surface area (Å²) in [5, 5.41) is 0. The molecule has 0 aliphatic carbocycles. The van der Waals surface area contributed by atoms with Gasteiger partial charge in [0, 0.05) is 0 Å². The number of benzene rings is 2. The van der Waals surface area contributed by atoms with Crippen molar-refractivity contribution in [3.05, 3.63) is 60.7 Å². The maximum absolute atomic E-state index is 2.24. The Morgan fingerprint density at radius 1 is 0.571 bits per heavy atom. The molecule has 2 rings (SSSR count). The third-order valence-electron chi connectivity index (χ3n) is 1.84. The molecule has 0 amide bonds. The predicted molar refractivity (Wildman–Crippen MR) is 66.5 cm³/mol. The Kier molecular flexibility index (Phi) is 5.07. The van der Waals surface area contributed by atoms with E-state index in [-0.39, 0.29) is 12.4 Å². The molecular weight excluding hydrogens is 301 g/mol. The summed E-state index contributed by atoms with van der Waals surface area (Å²) in [5.74, 6) is 0. The van der Waals surface area contributed by atoms with E-state index in [9.17, 15) is 0 Å². The van der Waals surface area contributed by atoms with E-state index in [0.717, 1.165) is 0 Å². The van der Waals surface area contributed by atoms with Gasteiger partial charge in [0.25, 0.3) is 0 Å². The fraction of sp³-hybridized carbons (Fsp3) is 0. The maximum atomic E-state index is 2.24. The molecule has 0 atom stereocenters. The van der Waals surface area contributed by atoms with Crippen molar-refractivity contribution in [3.63, 3.8) is 0 Å². The third kappa shape index (κ3) is 3.36. The number of hydrogen-bond acceptors (Lipinski definition) is 0. The first-order valence-electron chi connectivity index (χ1n) is 4.32. The molecule has 0 saturated carbocycles. The van der Waals surface area contributed by atoms with Crippen LogP contribution >= 0.6 is 12.4 Å². The number of rotatable bonds is 2. The van der Waals surface area contributed by atoms with Crippen molar-refractivity contribution in [1.29, 1.82) is 0 Å². The molecule has 2 aromatic carbocycles. The molecule has 0 aliphatic heterocycles. The summed E-state index contributed by atoms with van der Waals surface area (Å²) in [6, 6.07) is 21.6. The average molecular weight is 313 g/mol. The minimum atomic E-state index is -0.517. The normalized spacial score (nSPS) is 9.14. The van der Waals surface area contributed by atoms with Crippen molar-refractivity contribution in [2.24, 2.45) is 0 Å². The molecule has 0 radical (unpaired) electrons. The molecule has 0 nitrogen and oxygen atoms in total. The zero-order valence-corrected chi connectivity index (χ0v) is 11.4. The van der Waals surface area contributed by atoms with Crippen LogP contribution in [0.2, 0.25) is 0 Å². The molecule has 0 bridgehead atoms. The minimum absolute atomic E-state index is 0. The van der Waals surface area contributed by atoms with Gasteiger partial charge in [0.2, 0.25) is 0 Å². The summed E-state index contributed by atoms with van der Waals surface area (Å²) in [7, 11) is 0. The fourth-order valence-electron chi connectivity index (χ4n) is 1.21. The Labute approximate surface area is 101 Å². The number of hydrogen-bond donors (Lipinski definition) is 0. The summed E-state index contributed by atoms with van der Waals surface area (Å²) in [4.78, 5) is 0. The SMILES string of the molecule is Cl.c1cc[c]([SbH][c]2ccccc2)cc1. The second-order valence-corrected chi connectivity index (χ2v) is 6.87. The molecule has 2 heteroatoms. The van der Waals surface area contributed by atoms with E-state index in [1.807, 2.05) is 0 Å². The molecule has 0 aliphatic rings. The molecule has 0 fully saturated rings. The second kappa shape index (κ2) is 6.11. The van der Waals surface area contributed by atoms with Crippen molar-refractivity contribution in [3.8, 4) is 0 Å². The van der Waals surface area contributed by atoms with E-state index in [1.54, 1.807) is 0 Å². The number of halogens is 1. The zero-order chi connectivity index (χ0) is 8.93. The van der Waals surface area contributed by atoms with Crippen LogP contribution < -0.4 is 7.02 Å². The molecule has 0 spiro atoms. The average Bonchev–Trinajstić information content (AvgIpc) is 2.21. The van der Waals surface area contributed by atoms with Gasteiger partial charge in [-0.05, 0) is 0 Å². The summed E-state index contributed by atoms with van der Waals surface area (Å²) < 4.78 is 3.08. The molecule has 0 N–H and O–H groups in total. The van der Waals surface area contributed by atoms with Gasteiger partial charge in [0.1, 0.15) is 0 Å². The van der Waals surface area contributed by atoms with Gasteiger partial charge in [0.15, 0.2) is 0 Å². The van der Waals surface area contributed by atoms with E-state index in [1.165, 1.54) is 7.02 Å². The molecule has 2 aromatic rings. The first-order valence-corrected chi connectivity index (χ1v) is 7.18. The van der Waals surface area contributed by atoms with Crippen LogP contribution in [0.1, 0.15) is 0 Å². The first-order chi connectivity index (χ1) is 6.45. The van der Waals surface area contributed by atoms with Crippen molar-refractivity contribution >= 4 is 41.0 Å². The van der Waals surface area contributed by atoms with Crippen LogP contribution in [0.3, 0.4) is 0 Å². The van der Waals surface area contributed by atoms with Gasteiger partial charge in [-0.2, -0.15) is 0 Å². The van der Waals surface area contributed by atoms with Crippen LogP contribution in [-0.4, -0.2) is 21.6 Å². The van der Waals surface area contributed by atoms with Crippen LogP contribution in [0.4, 0.5) is 0 Å². The Morgan fingerprint density at radius 2 is 0.929 bits per heavy atom. The van der Waals surface area contributed by atoms with Gasteiger partial charge < -0.3 is 0 Å². The predicted octanol–water partition coefficient (Wildman–Crippen LogP) is 1.50. The van der Waals surface area contributed by atoms with E-state index in [4.69, 9.17) is 0 Å². The van der Waals surface area contributed by atoms with Gasteiger partial charge in [-0.3, -0.25) is 0 Å². The van der Waals surface area contributed by atoms with Crippen molar-refractivity contribution in [1.82, 2.24) is 0 Å². The summed E-state index contributed by atoms with van der Waals surface area (Å²) in [6.07, 6.45) is 0. The topological polar surface area (TPSA) is 0 Å². The van der Waals surface area contributed by atoms with Gasteiger partial charge in [-0.1, -0.05) is 0 Å². The Balaban J connectivity index is 0.000000980. The van der Waals surface area contributed by atoms with Gasteiger partial charge in [-0.15, -0.1) is 12.4 Å². The summed E-state index contributed by atoms with van der Waals surface area (Å²) >= 11 is -0.517. The van der Waals surface area contributed by atoms with Crippen LogP contribution in [0.15, 0.2) is 60.7 Å². The van der Waals surface area contributed by atoms with Crippen molar-refractivity contribution in [2.45, 2.75) is 0 Å². The van der Waals surface area contributed by atoms with Crippen molar-refractivity contribution < 1.29 is 0 Å². The third-order valence-corrected chi connectivity index (χ3v) is 5.39. The van der Waals surface area contributed by atoms with Gasteiger partial charge in [-0.25, -0.2) is 0 Å². The van der Waals surface area contributed by atoms with Crippen LogP contribution in [0, 0.1) is 0 Å². The van der Waals surface area contributed by atoms with E-state index >= 15 is 0 Å². The molecule has 72 valence electrons. The molecule has 14 heavy (non-hydrogen) atoms. The Morgan fingerprint density at radius 3 is 1.29 bits per heavy atom. The molecule has 0 aromatic heterocycles. The molecule has 0 unspecified atom stereocenters. The fourth-order valence-corrected chi connectivity index (χ4v) is 4.21. The first kappa shape index (κ1) is 11.6. The van der Waals surface area contributed by atoms with E-state index < -0.39 is 21.6 Å². The Bertz CT molecular complexity index is 321. The van der Waals surface area contributed by atoms with E-state index in [2.05, 4.69) is 60.7 Å². The van der Waals surface area contributed by atoms with Crippen LogP contribution in [0.25, 0.3) is 0 Å². The van der Waals surface area contributed by atoms with Crippen molar-refractivity contribution in [2.75, 3.05) is 0 Å². The second-order valence-electron chi connectivity index (χ2n) is 2.86. The van der Waals surface area contributed by atoms with Gasteiger partial charge in [0.05, 0.1) is 0 Å². The summed E-state index contributed by atoms with van der Waals surface area (Å²) in [5.41, 5.74) is 0. The van der Waals surface area contributed by atoms with Crippen LogP contribution in [0.5, 0.6) is 0 Å². The standard InChI is InChI=1S/2C6H5.ClH.Sb.H/c2*1-2-4-6-5-3-1;;;/h2*1-5H;1H;;. The quantitative estimate of drug-likeness (QED) is 0.737. The molecule has 0 saturated heterocycles. The van der Waals surface area contributed by atoms with Crippen LogP contribution in [-0.2, 0) is 0 Å². The molecule has 0 heterocycles. The van der Waals surface area contributed by atoms with Gasteiger partial charge >= 0.3 is 89.3 Å². The molecular formula is C12H12ClSb. The Hall–Kier alpha value is -0.452. The van der Waals surface area contributed by atoms with E-state index in [0.29, 0.717) is 0 Å². The monoisotopic (exact) mass is 312 g/mol. The summed E-state index contributed by atoms with van der Waals surface area (Å²) in [6.45, 7) is 0.